The number of allylic oxidation sites excluding steroid dienone is 1. The number of nitriles is 1. The fourth-order valence-corrected chi connectivity index (χ4v) is 7.36. The number of likely N-dealkylation sites (tertiary alicyclic amines) is 1. The molecule has 3 aromatic rings. The Kier molecular flexibility index (Phi) is 5.92. The van der Waals surface area contributed by atoms with Crippen molar-refractivity contribution in [2.24, 2.45) is 11.3 Å². The van der Waals surface area contributed by atoms with Crippen LogP contribution in [0.25, 0.3) is 21.9 Å². The number of halogens is 3. The van der Waals surface area contributed by atoms with E-state index in [1.54, 1.807) is 6.07 Å². The molecule has 1 spiro atoms. The van der Waals surface area contributed by atoms with Crippen LogP contribution in [0.5, 0.6) is 0 Å². The van der Waals surface area contributed by atoms with E-state index in [1.807, 2.05) is 24.8 Å². The molecule has 40 heavy (non-hydrogen) atoms. The highest BCUT2D eigenvalue weighted by Crippen LogP contribution is 2.48. The van der Waals surface area contributed by atoms with Gasteiger partial charge in [-0.2, -0.15) is 23.2 Å². The monoisotopic (exact) mass is 591 g/mol. The standard InChI is InChI=1S/C25H24F3N7O3S2/c1-14(2)21(36)34-12-23(13-34)6-5-15(9-23)18-17-4-3-16(40(37,38)33-24(11-29)7-8-24)10-35(17)19(30-18)20-31-32-22(39-20)25(26,27)28/h3-4,9-10,14,33H,5-8,12-13H2,1-2H3. The molecule has 1 saturated carbocycles. The van der Waals surface area contributed by atoms with Gasteiger partial charge in [0.2, 0.25) is 20.9 Å². The summed E-state index contributed by atoms with van der Waals surface area (Å²) in [6.07, 6.45) is 0.904. The third kappa shape index (κ3) is 4.47. The van der Waals surface area contributed by atoms with Crippen LogP contribution in [0, 0.1) is 22.7 Å². The van der Waals surface area contributed by atoms with Gasteiger partial charge in [0.25, 0.3) is 0 Å². The molecule has 15 heteroatoms. The minimum Gasteiger partial charge on any atom is -0.341 e. The fraction of sp³-hybridized carbons (Fsp3) is 0.480. The maximum atomic E-state index is 13.3. The smallest absolute Gasteiger partial charge is 0.341 e. The number of rotatable bonds is 6. The third-order valence-corrected chi connectivity index (χ3v) is 10.1. The zero-order valence-corrected chi connectivity index (χ0v) is 23.1. The van der Waals surface area contributed by atoms with Gasteiger partial charge in [-0.1, -0.05) is 31.3 Å². The van der Waals surface area contributed by atoms with E-state index in [4.69, 9.17) is 0 Å². The van der Waals surface area contributed by atoms with E-state index in [1.165, 1.54) is 16.7 Å². The molecule has 0 unspecified atom stereocenters. The molecule has 1 amide bonds. The van der Waals surface area contributed by atoms with E-state index in [0.29, 0.717) is 54.9 Å². The number of nitrogens with one attached hydrogen (secondary N) is 1. The summed E-state index contributed by atoms with van der Waals surface area (Å²) in [6.45, 7) is 4.89. The van der Waals surface area contributed by atoms with Crippen molar-refractivity contribution in [2.75, 3.05) is 13.1 Å². The summed E-state index contributed by atoms with van der Waals surface area (Å²) >= 11 is 0.320. The summed E-state index contributed by atoms with van der Waals surface area (Å²) in [5, 5.41) is 15.1. The van der Waals surface area contributed by atoms with Gasteiger partial charge in [-0.25, -0.2) is 13.4 Å². The van der Waals surface area contributed by atoms with Crippen LogP contribution in [0.4, 0.5) is 13.2 Å². The molecule has 4 heterocycles. The lowest BCUT2D eigenvalue weighted by molar-refractivity contribution is -0.144. The van der Waals surface area contributed by atoms with Crippen molar-refractivity contribution < 1.29 is 26.4 Å². The zero-order valence-electron chi connectivity index (χ0n) is 21.5. The normalized spacial score (nSPS) is 19.6. The molecular weight excluding hydrogens is 567 g/mol. The highest BCUT2D eigenvalue weighted by Gasteiger charge is 2.48. The van der Waals surface area contributed by atoms with Gasteiger partial charge in [-0.3, -0.25) is 9.20 Å². The number of nitrogens with zero attached hydrogens (tertiary/aromatic N) is 6. The van der Waals surface area contributed by atoms with Crippen LogP contribution in [-0.2, 0) is 21.0 Å². The Morgan fingerprint density at radius 1 is 1.20 bits per heavy atom. The first-order chi connectivity index (χ1) is 18.7. The van der Waals surface area contributed by atoms with Crippen LogP contribution >= 0.6 is 11.3 Å². The van der Waals surface area contributed by atoms with E-state index >= 15 is 0 Å². The predicted octanol–water partition coefficient (Wildman–Crippen LogP) is 3.87. The second-order valence-electron chi connectivity index (χ2n) is 11.0. The van der Waals surface area contributed by atoms with Crippen LogP contribution in [0.3, 0.4) is 0 Å². The first-order valence-electron chi connectivity index (χ1n) is 12.6. The van der Waals surface area contributed by atoms with Gasteiger partial charge in [0, 0.05) is 30.6 Å². The van der Waals surface area contributed by atoms with Crippen LogP contribution in [0.1, 0.15) is 50.2 Å². The summed E-state index contributed by atoms with van der Waals surface area (Å²) < 4.78 is 69.9. The number of carbonyl (C=O) groups excluding carboxylic acids is 1. The lowest BCUT2D eigenvalue weighted by Gasteiger charge is -2.47. The van der Waals surface area contributed by atoms with Crippen LogP contribution in [0.2, 0.25) is 0 Å². The van der Waals surface area contributed by atoms with Crippen LogP contribution < -0.4 is 4.72 Å². The molecule has 1 N–H and O–H groups in total. The zero-order chi connectivity index (χ0) is 28.7. The van der Waals surface area contributed by atoms with E-state index in [9.17, 15) is 31.6 Å². The van der Waals surface area contributed by atoms with E-state index in [-0.39, 0.29) is 33.0 Å². The maximum absolute atomic E-state index is 13.3. The summed E-state index contributed by atoms with van der Waals surface area (Å²) in [5.41, 5.74) is 0.546. The number of amides is 1. The predicted molar refractivity (Wildman–Crippen MR) is 138 cm³/mol. The minimum absolute atomic E-state index is 0.0311. The summed E-state index contributed by atoms with van der Waals surface area (Å²) in [7, 11) is -4.11. The molecule has 0 atom stereocenters. The minimum atomic E-state index is -4.69. The number of hydrogen-bond donors (Lipinski definition) is 1. The molecule has 2 fully saturated rings. The number of sulfonamides is 1. The number of imidazole rings is 1. The van der Waals surface area contributed by atoms with Crippen LogP contribution in [-0.4, -0.2) is 57.4 Å². The van der Waals surface area contributed by atoms with Crippen molar-refractivity contribution >= 4 is 38.4 Å². The summed E-state index contributed by atoms with van der Waals surface area (Å²) in [5.74, 6) is 0.0208. The van der Waals surface area contributed by atoms with Gasteiger partial charge in [0.1, 0.15) is 5.54 Å². The third-order valence-electron chi connectivity index (χ3n) is 7.57. The Labute approximate surface area is 231 Å². The van der Waals surface area contributed by atoms with Gasteiger partial charge in [-0.15, -0.1) is 10.2 Å². The average Bonchev–Trinajstić information content (AvgIpc) is 3.23. The van der Waals surface area contributed by atoms with Gasteiger partial charge in [-0.05, 0) is 43.4 Å². The number of carbonyl (C=O) groups is 1. The SMILES string of the molecule is CC(C)C(=O)N1CC2(C=C(c3nc(-c4nnc(C(F)(F)F)s4)n4cc(S(=O)(=O)NC5(C#N)CC5)ccc34)CC2)C1. The quantitative estimate of drug-likeness (QED) is 0.460. The van der Waals surface area contributed by atoms with E-state index in [2.05, 4.69) is 26.0 Å². The molecule has 1 aliphatic heterocycles. The molecule has 0 radical (unpaired) electrons. The van der Waals surface area contributed by atoms with Crippen molar-refractivity contribution in [2.45, 2.75) is 56.1 Å². The number of pyridine rings is 1. The van der Waals surface area contributed by atoms with Crippen LogP contribution in [0.15, 0.2) is 29.3 Å². The molecule has 0 aromatic carbocycles. The first kappa shape index (κ1) is 26.9. The highest BCUT2D eigenvalue weighted by atomic mass is 32.2. The Morgan fingerprint density at radius 3 is 2.52 bits per heavy atom. The van der Waals surface area contributed by atoms with Crippen molar-refractivity contribution in [1.82, 2.24) is 29.2 Å². The Morgan fingerprint density at radius 2 is 1.93 bits per heavy atom. The van der Waals surface area contributed by atoms with E-state index < -0.39 is 26.7 Å². The van der Waals surface area contributed by atoms with Crippen molar-refractivity contribution in [1.29, 1.82) is 5.26 Å². The van der Waals surface area contributed by atoms with Gasteiger partial charge < -0.3 is 4.90 Å². The molecule has 1 saturated heterocycles. The highest BCUT2D eigenvalue weighted by molar-refractivity contribution is 7.89. The molecule has 0 bridgehead atoms. The summed E-state index contributed by atoms with van der Waals surface area (Å²) in [6, 6.07) is 4.92. The van der Waals surface area contributed by atoms with Crippen molar-refractivity contribution in [3.05, 3.63) is 35.1 Å². The topological polar surface area (TPSA) is 133 Å². The molecule has 3 aromatic heterocycles. The largest absolute Gasteiger partial charge is 0.445 e. The van der Waals surface area contributed by atoms with Gasteiger partial charge in [0.05, 0.1) is 22.2 Å². The van der Waals surface area contributed by atoms with Gasteiger partial charge in [0.15, 0.2) is 10.8 Å². The number of hydrogen-bond acceptors (Lipinski definition) is 8. The number of aromatic nitrogens is 4. The number of fused-ring (bicyclic) bond motifs is 1. The van der Waals surface area contributed by atoms with Crippen molar-refractivity contribution in [3.63, 3.8) is 0 Å². The molecule has 3 aliphatic rings. The molecule has 210 valence electrons. The average molecular weight is 592 g/mol. The first-order valence-corrected chi connectivity index (χ1v) is 14.9. The summed E-state index contributed by atoms with van der Waals surface area (Å²) in [4.78, 5) is 18.7. The molecule has 10 nitrogen and oxygen atoms in total. The number of alkyl halides is 3. The Bertz CT molecular complexity index is 1720. The molecule has 6 rings (SSSR count). The Hall–Kier alpha value is -3.35. The molecular formula is C25H24F3N7O3S2. The maximum Gasteiger partial charge on any atom is 0.445 e. The Balaban J connectivity index is 1.42. The second kappa shape index (κ2) is 8.82. The molecule has 2 aliphatic carbocycles. The van der Waals surface area contributed by atoms with E-state index in [0.717, 1.165) is 12.0 Å². The fourth-order valence-electron chi connectivity index (χ4n) is 5.29. The lowest BCUT2D eigenvalue weighted by Crippen LogP contribution is -2.57. The second-order valence-corrected chi connectivity index (χ2v) is 13.7. The van der Waals surface area contributed by atoms with Crippen molar-refractivity contribution in [3.8, 4) is 16.9 Å². The lowest BCUT2D eigenvalue weighted by atomic mass is 9.79. The van der Waals surface area contributed by atoms with Gasteiger partial charge >= 0.3 is 6.18 Å².